The maximum absolute atomic E-state index is 11.5. The highest BCUT2D eigenvalue weighted by Crippen LogP contribution is 2.28. The molecule has 3 N–H and O–H groups in total. The number of nitrogens with zero attached hydrogens (tertiary/aromatic N) is 3. The van der Waals surface area contributed by atoms with E-state index in [0.29, 0.717) is 25.0 Å². The van der Waals surface area contributed by atoms with E-state index < -0.39 is 0 Å². The highest BCUT2D eigenvalue weighted by Gasteiger charge is 2.28. The minimum absolute atomic E-state index is 0.135. The normalized spacial score (nSPS) is 13.6. The maximum Gasteiger partial charge on any atom is 0.322 e. The fourth-order valence-electron chi connectivity index (χ4n) is 1.69. The molecule has 1 fully saturated rings. The van der Waals surface area contributed by atoms with E-state index in [1.54, 1.807) is 0 Å². The number of carbonyl (C=O) groups is 1. The molecule has 0 radical (unpaired) electrons. The van der Waals surface area contributed by atoms with Crippen molar-refractivity contribution in [3.8, 4) is 6.01 Å². The molecule has 1 aliphatic carbocycles. The van der Waals surface area contributed by atoms with Crippen molar-refractivity contribution in [1.82, 2.24) is 20.3 Å². The predicted molar refractivity (Wildman–Crippen MR) is 79.4 cm³/mol. The molecule has 1 aromatic rings. The Morgan fingerprint density at radius 2 is 1.81 bits per heavy atom. The Morgan fingerprint density at radius 1 is 1.14 bits per heavy atom. The zero-order chi connectivity index (χ0) is 15.1. The summed E-state index contributed by atoms with van der Waals surface area (Å²) in [5, 5.41) is 9.02. The molecule has 21 heavy (non-hydrogen) atoms. The lowest BCUT2D eigenvalue weighted by molar-refractivity contribution is -0.122. The third-order valence-electron chi connectivity index (χ3n) is 2.99. The summed E-state index contributed by atoms with van der Waals surface area (Å²) in [6.07, 6.45) is 3.00. The molecule has 0 spiro atoms. The number of nitrogens with one attached hydrogen (secondary N) is 3. The van der Waals surface area contributed by atoms with Gasteiger partial charge in [-0.05, 0) is 19.3 Å². The average Bonchev–Trinajstić information content (AvgIpc) is 3.34. The molecule has 2 rings (SSSR count). The first-order valence-corrected chi connectivity index (χ1v) is 7.28. The number of aromatic nitrogens is 3. The van der Waals surface area contributed by atoms with Crippen molar-refractivity contribution in [2.24, 2.45) is 5.92 Å². The van der Waals surface area contributed by atoms with Crippen molar-refractivity contribution < 1.29 is 9.53 Å². The Balaban J connectivity index is 1.81. The lowest BCUT2D eigenvalue weighted by atomic mass is 10.4. The van der Waals surface area contributed by atoms with Crippen molar-refractivity contribution in [1.29, 1.82) is 0 Å². The third-order valence-corrected chi connectivity index (χ3v) is 2.99. The highest BCUT2D eigenvalue weighted by molar-refractivity contribution is 5.80. The van der Waals surface area contributed by atoms with E-state index in [1.165, 1.54) is 7.11 Å². The molecule has 0 unspecified atom stereocenters. The van der Waals surface area contributed by atoms with Gasteiger partial charge in [-0.15, -0.1) is 0 Å². The van der Waals surface area contributed by atoms with Crippen LogP contribution in [0.1, 0.15) is 26.2 Å². The van der Waals surface area contributed by atoms with E-state index in [-0.39, 0.29) is 17.8 Å². The first-order valence-electron chi connectivity index (χ1n) is 7.28. The molecule has 8 nitrogen and oxygen atoms in total. The topological polar surface area (TPSA) is 101 Å². The van der Waals surface area contributed by atoms with Crippen LogP contribution >= 0.6 is 0 Å². The second-order valence-electron chi connectivity index (χ2n) is 4.89. The van der Waals surface area contributed by atoms with Crippen LogP contribution in [0, 0.1) is 5.92 Å². The van der Waals surface area contributed by atoms with Crippen LogP contribution in [-0.2, 0) is 4.79 Å². The van der Waals surface area contributed by atoms with E-state index in [2.05, 4.69) is 37.8 Å². The average molecular weight is 294 g/mol. The van der Waals surface area contributed by atoms with Crippen LogP contribution < -0.4 is 20.7 Å². The van der Waals surface area contributed by atoms with Crippen LogP contribution in [0.4, 0.5) is 11.9 Å². The van der Waals surface area contributed by atoms with Gasteiger partial charge in [0, 0.05) is 25.6 Å². The summed E-state index contributed by atoms with van der Waals surface area (Å²) in [5.74, 6) is 1.27. The summed E-state index contributed by atoms with van der Waals surface area (Å²) < 4.78 is 5.05. The molecule has 0 saturated heterocycles. The molecule has 0 aliphatic heterocycles. The molecule has 1 amide bonds. The van der Waals surface area contributed by atoms with Crippen LogP contribution in [0.25, 0.3) is 0 Å². The van der Waals surface area contributed by atoms with Crippen LogP contribution in [-0.4, -0.2) is 47.6 Å². The van der Waals surface area contributed by atoms with Gasteiger partial charge in [-0.25, -0.2) is 0 Å². The van der Waals surface area contributed by atoms with Gasteiger partial charge in [0.05, 0.1) is 7.11 Å². The predicted octanol–water partition coefficient (Wildman–Crippen LogP) is 0.640. The zero-order valence-corrected chi connectivity index (χ0v) is 12.5. The molecule has 0 bridgehead atoms. The molecule has 0 aromatic carbocycles. The van der Waals surface area contributed by atoms with Gasteiger partial charge in [-0.2, -0.15) is 15.0 Å². The number of hydrogen-bond acceptors (Lipinski definition) is 7. The van der Waals surface area contributed by atoms with Gasteiger partial charge in [0.1, 0.15) is 0 Å². The fraction of sp³-hybridized carbons (Fsp3) is 0.692. The molecule has 8 heteroatoms. The lowest BCUT2D eigenvalue weighted by Gasteiger charge is -2.09. The smallest absolute Gasteiger partial charge is 0.322 e. The summed E-state index contributed by atoms with van der Waals surface area (Å²) in [6, 6.07) is 0.258. The van der Waals surface area contributed by atoms with Gasteiger partial charge in [0.25, 0.3) is 0 Å². The van der Waals surface area contributed by atoms with Crippen LogP contribution in [0.5, 0.6) is 6.01 Å². The number of methoxy groups -OCH3 is 1. The van der Waals surface area contributed by atoms with E-state index in [4.69, 9.17) is 4.74 Å². The Labute approximate surface area is 124 Å². The van der Waals surface area contributed by atoms with Gasteiger partial charge in [0.15, 0.2) is 0 Å². The maximum atomic E-state index is 11.5. The van der Waals surface area contributed by atoms with E-state index in [1.807, 2.05) is 0 Å². The molecular weight excluding hydrogens is 272 g/mol. The van der Waals surface area contributed by atoms with Crippen molar-refractivity contribution >= 4 is 17.8 Å². The molecule has 1 aliphatic rings. The Kier molecular flexibility index (Phi) is 5.53. The molecule has 116 valence electrons. The van der Waals surface area contributed by atoms with Crippen molar-refractivity contribution in [2.75, 3.05) is 37.4 Å². The Hall–Kier alpha value is -2.12. The SMILES string of the molecule is CCCNc1nc(NCCNC(=O)C2CC2)nc(OC)n1. The largest absolute Gasteiger partial charge is 0.467 e. The quantitative estimate of drug-likeness (QED) is 0.574. The van der Waals surface area contributed by atoms with Crippen LogP contribution in [0.2, 0.25) is 0 Å². The molecule has 1 heterocycles. The van der Waals surface area contributed by atoms with Crippen LogP contribution in [0.15, 0.2) is 0 Å². The minimum atomic E-state index is 0.135. The van der Waals surface area contributed by atoms with E-state index >= 15 is 0 Å². The van der Waals surface area contributed by atoms with Gasteiger partial charge < -0.3 is 20.7 Å². The number of anilines is 2. The van der Waals surface area contributed by atoms with Crippen molar-refractivity contribution in [3.05, 3.63) is 0 Å². The summed E-state index contributed by atoms with van der Waals surface area (Å²) in [7, 11) is 1.51. The Bertz CT molecular complexity index is 478. The summed E-state index contributed by atoms with van der Waals surface area (Å²) in [4.78, 5) is 24.0. The van der Waals surface area contributed by atoms with E-state index in [0.717, 1.165) is 25.8 Å². The highest BCUT2D eigenvalue weighted by atomic mass is 16.5. The van der Waals surface area contributed by atoms with Gasteiger partial charge in [-0.1, -0.05) is 6.92 Å². The first-order chi connectivity index (χ1) is 10.2. The standard InChI is InChI=1S/C13H22N6O2/c1-3-6-15-11-17-12(19-13(18-11)21-2)16-8-7-14-10(20)9-4-5-9/h9H,3-8H2,1-2H3,(H,14,20)(H2,15,16,17,18,19). The number of amides is 1. The summed E-state index contributed by atoms with van der Waals surface area (Å²) in [5.41, 5.74) is 0. The molecular formula is C13H22N6O2. The second kappa shape index (κ2) is 7.61. The summed E-state index contributed by atoms with van der Waals surface area (Å²) >= 11 is 0. The number of hydrogen-bond donors (Lipinski definition) is 3. The van der Waals surface area contributed by atoms with Gasteiger partial charge in [-0.3, -0.25) is 4.79 Å². The Morgan fingerprint density at radius 3 is 2.38 bits per heavy atom. The van der Waals surface area contributed by atoms with Gasteiger partial charge >= 0.3 is 6.01 Å². The third kappa shape index (κ3) is 5.05. The van der Waals surface area contributed by atoms with E-state index in [9.17, 15) is 4.79 Å². The molecule has 1 aromatic heterocycles. The number of rotatable bonds is 9. The summed E-state index contributed by atoms with van der Waals surface area (Å²) in [6.45, 7) is 3.94. The van der Waals surface area contributed by atoms with Crippen molar-refractivity contribution in [2.45, 2.75) is 26.2 Å². The number of carbonyl (C=O) groups excluding carboxylic acids is 1. The lowest BCUT2D eigenvalue weighted by Crippen LogP contribution is -2.30. The second-order valence-corrected chi connectivity index (χ2v) is 4.89. The number of ether oxygens (including phenoxy) is 1. The monoisotopic (exact) mass is 294 g/mol. The fourth-order valence-corrected chi connectivity index (χ4v) is 1.69. The minimum Gasteiger partial charge on any atom is -0.467 e. The molecule has 1 saturated carbocycles. The van der Waals surface area contributed by atoms with Crippen molar-refractivity contribution in [3.63, 3.8) is 0 Å². The first kappa shape index (κ1) is 15.3. The molecule has 0 atom stereocenters. The van der Waals surface area contributed by atoms with Crippen LogP contribution in [0.3, 0.4) is 0 Å². The van der Waals surface area contributed by atoms with Gasteiger partial charge in [0.2, 0.25) is 17.8 Å². The zero-order valence-electron chi connectivity index (χ0n) is 12.5.